The summed E-state index contributed by atoms with van der Waals surface area (Å²) < 4.78 is 5.11. The predicted octanol–water partition coefficient (Wildman–Crippen LogP) is 2.95. The number of furan rings is 1. The molecule has 0 radical (unpaired) electrons. The largest absolute Gasteiger partial charge is 0.469 e. The first kappa shape index (κ1) is 12.9. The SMILES string of the molecule is Cc1occc1C(=O)NC(C)c1ccc(C#N)cc1. The molecule has 19 heavy (non-hydrogen) atoms. The maximum Gasteiger partial charge on any atom is 0.255 e. The average molecular weight is 254 g/mol. The van der Waals surface area contributed by atoms with Gasteiger partial charge in [0.1, 0.15) is 5.76 Å². The summed E-state index contributed by atoms with van der Waals surface area (Å²) in [5.74, 6) is 0.438. The van der Waals surface area contributed by atoms with Gasteiger partial charge in [-0.05, 0) is 37.6 Å². The van der Waals surface area contributed by atoms with Crippen LogP contribution in [0.25, 0.3) is 0 Å². The third kappa shape index (κ3) is 2.83. The number of nitrogens with zero attached hydrogens (tertiary/aromatic N) is 1. The fourth-order valence-electron chi connectivity index (χ4n) is 1.82. The van der Waals surface area contributed by atoms with Crippen molar-refractivity contribution in [2.75, 3.05) is 0 Å². The molecule has 2 aromatic rings. The van der Waals surface area contributed by atoms with E-state index < -0.39 is 0 Å². The van der Waals surface area contributed by atoms with Gasteiger partial charge in [-0.2, -0.15) is 5.26 Å². The number of amides is 1. The Morgan fingerprint density at radius 2 is 2.00 bits per heavy atom. The minimum atomic E-state index is -0.164. The molecule has 1 aromatic heterocycles. The molecule has 1 N–H and O–H groups in total. The first-order chi connectivity index (χ1) is 9.11. The summed E-state index contributed by atoms with van der Waals surface area (Å²) in [6.07, 6.45) is 1.50. The summed E-state index contributed by atoms with van der Waals surface area (Å²) in [7, 11) is 0. The van der Waals surface area contributed by atoms with Gasteiger partial charge in [-0.15, -0.1) is 0 Å². The summed E-state index contributed by atoms with van der Waals surface area (Å²) >= 11 is 0. The van der Waals surface area contributed by atoms with Crippen LogP contribution in [0, 0.1) is 18.3 Å². The number of benzene rings is 1. The molecule has 2 rings (SSSR count). The van der Waals surface area contributed by atoms with E-state index in [9.17, 15) is 4.79 Å². The van der Waals surface area contributed by atoms with E-state index in [-0.39, 0.29) is 11.9 Å². The van der Waals surface area contributed by atoms with E-state index >= 15 is 0 Å². The van der Waals surface area contributed by atoms with Crippen LogP contribution in [0.3, 0.4) is 0 Å². The third-order valence-electron chi connectivity index (χ3n) is 2.99. The summed E-state index contributed by atoms with van der Waals surface area (Å²) in [5.41, 5.74) is 2.10. The molecule has 4 nitrogen and oxygen atoms in total. The predicted molar refractivity (Wildman–Crippen MR) is 70.5 cm³/mol. The van der Waals surface area contributed by atoms with Gasteiger partial charge in [0.15, 0.2) is 0 Å². The number of rotatable bonds is 3. The first-order valence-electron chi connectivity index (χ1n) is 5.97. The fourth-order valence-corrected chi connectivity index (χ4v) is 1.82. The van der Waals surface area contributed by atoms with Gasteiger partial charge in [0.05, 0.1) is 29.5 Å². The van der Waals surface area contributed by atoms with Gasteiger partial charge in [-0.1, -0.05) is 12.1 Å². The Morgan fingerprint density at radius 3 is 2.53 bits per heavy atom. The van der Waals surface area contributed by atoms with Crippen LogP contribution in [0.2, 0.25) is 0 Å². The first-order valence-corrected chi connectivity index (χ1v) is 5.97. The second-order valence-corrected chi connectivity index (χ2v) is 4.32. The lowest BCUT2D eigenvalue weighted by Crippen LogP contribution is -2.26. The highest BCUT2D eigenvalue weighted by molar-refractivity contribution is 5.95. The van der Waals surface area contributed by atoms with E-state index in [1.165, 1.54) is 6.26 Å². The molecule has 1 unspecified atom stereocenters. The number of hydrogen-bond acceptors (Lipinski definition) is 3. The number of carbonyl (C=O) groups excluding carboxylic acids is 1. The minimum Gasteiger partial charge on any atom is -0.469 e. The number of carbonyl (C=O) groups is 1. The molecular formula is C15H14N2O2. The van der Waals surface area contributed by atoms with Gasteiger partial charge in [-0.3, -0.25) is 4.79 Å². The molecule has 0 saturated carbocycles. The van der Waals surface area contributed by atoms with Crippen LogP contribution >= 0.6 is 0 Å². The zero-order valence-corrected chi connectivity index (χ0v) is 10.8. The summed E-state index contributed by atoms with van der Waals surface area (Å²) in [6.45, 7) is 3.65. The van der Waals surface area contributed by atoms with Crippen LogP contribution in [-0.2, 0) is 0 Å². The van der Waals surface area contributed by atoms with Crippen molar-refractivity contribution in [1.29, 1.82) is 5.26 Å². The number of aryl methyl sites for hydroxylation is 1. The normalized spacial score (nSPS) is 11.6. The number of nitrogens with one attached hydrogen (secondary N) is 1. The van der Waals surface area contributed by atoms with E-state index in [2.05, 4.69) is 11.4 Å². The summed E-state index contributed by atoms with van der Waals surface area (Å²) in [6, 6.07) is 10.7. The second kappa shape index (κ2) is 5.40. The third-order valence-corrected chi connectivity index (χ3v) is 2.99. The molecule has 0 saturated heterocycles. The highest BCUT2D eigenvalue weighted by atomic mass is 16.3. The van der Waals surface area contributed by atoms with E-state index in [1.54, 1.807) is 25.1 Å². The van der Waals surface area contributed by atoms with Crippen LogP contribution in [-0.4, -0.2) is 5.91 Å². The lowest BCUT2D eigenvalue weighted by atomic mass is 10.1. The topological polar surface area (TPSA) is 66.0 Å². The maximum absolute atomic E-state index is 12.0. The van der Waals surface area contributed by atoms with Crippen molar-refractivity contribution >= 4 is 5.91 Å². The lowest BCUT2D eigenvalue weighted by molar-refractivity contribution is 0.0938. The van der Waals surface area contributed by atoms with Gasteiger partial charge in [-0.25, -0.2) is 0 Å². The quantitative estimate of drug-likeness (QED) is 0.915. The molecular weight excluding hydrogens is 240 g/mol. The van der Waals surface area contributed by atoms with Gasteiger partial charge in [0.25, 0.3) is 5.91 Å². The molecule has 0 aliphatic rings. The van der Waals surface area contributed by atoms with Crippen LogP contribution in [0.15, 0.2) is 41.0 Å². The molecule has 1 atom stereocenters. The van der Waals surface area contributed by atoms with E-state index in [1.807, 2.05) is 19.1 Å². The second-order valence-electron chi connectivity index (χ2n) is 4.32. The zero-order valence-electron chi connectivity index (χ0n) is 10.8. The molecule has 0 aliphatic heterocycles. The van der Waals surface area contributed by atoms with Crippen molar-refractivity contribution in [1.82, 2.24) is 5.32 Å². The molecule has 1 amide bonds. The average Bonchev–Trinajstić information content (AvgIpc) is 2.85. The van der Waals surface area contributed by atoms with Crippen LogP contribution < -0.4 is 5.32 Å². The van der Waals surface area contributed by atoms with Gasteiger partial charge < -0.3 is 9.73 Å². The Hall–Kier alpha value is -2.54. The molecule has 0 fully saturated rings. The van der Waals surface area contributed by atoms with Crippen molar-refractivity contribution in [3.63, 3.8) is 0 Å². The van der Waals surface area contributed by atoms with Crippen molar-refractivity contribution in [2.24, 2.45) is 0 Å². The summed E-state index contributed by atoms with van der Waals surface area (Å²) in [4.78, 5) is 12.0. The highest BCUT2D eigenvalue weighted by Gasteiger charge is 2.14. The van der Waals surface area contributed by atoms with Gasteiger partial charge in [0, 0.05) is 0 Å². The maximum atomic E-state index is 12.0. The smallest absolute Gasteiger partial charge is 0.255 e. The molecule has 0 bridgehead atoms. The Kier molecular flexibility index (Phi) is 3.67. The fraction of sp³-hybridized carbons (Fsp3) is 0.200. The van der Waals surface area contributed by atoms with E-state index in [0.717, 1.165) is 5.56 Å². The molecule has 1 aromatic carbocycles. The van der Waals surface area contributed by atoms with Crippen LogP contribution in [0.5, 0.6) is 0 Å². The van der Waals surface area contributed by atoms with E-state index in [0.29, 0.717) is 16.9 Å². The Morgan fingerprint density at radius 1 is 1.32 bits per heavy atom. The van der Waals surface area contributed by atoms with Crippen molar-refractivity contribution in [3.8, 4) is 6.07 Å². The Labute approximate surface area is 111 Å². The van der Waals surface area contributed by atoms with Crippen LogP contribution in [0.4, 0.5) is 0 Å². The van der Waals surface area contributed by atoms with Crippen LogP contribution in [0.1, 0.15) is 40.2 Å². The standard InChI is InChI=1S/C15H14N2O2/c1-10(13-5-3-12(9-16)4-6-13)17-15(18)14-7-8-19-11(14)2/h3-8,10H,1-2H3,(H,17,18). The lowest BCUT2D eigenvalue weighted by Gasteiger charge is -2.14. The van der Waals surface area contributed by atoms with Crippen molar-refractivity contribution < 1.29 is 9.21 Å². The number of nitriles is 1. The van der Waals surface area contributed by atoms with Gasteiger partial charge in [0.2, 0.25) is 0 Å². The molecule has 0 aliphatic carbocycles. The highest BCUT2D eigenvalue weighted by Crippen LogP contribution is 2.15. The Balaban J connectivity index is 2.08. The summed E-state index contributed by atoms with van der Waals surface area (Å²) in [5, 5.41) is 11.6. The molecule has 0 spiro atoms. The Bertz CT molecular complexity index is 620. The number of hydrogen-bond donors (Lipinski definition) is 1. The van der Waals surface area contributed by atoms with Crippen molar-refractivity contribution in [2.45, 2.75) is 19.9 Å². The van der Waals surface area contributed by atoms with Crippen molar-refractivity contribution in [3.05, 3.63) is 59.0 Å². The molecule has 96 valence electrons. The minimum absolute atomic E-state index is 0.130. The van der Waals surface area contributed by atoms with Gasteiger partial charge >= 0.3 is 0 Å². The molecule has 4 heteroatoms. The zero-order chi connectivity index (χ0) is 13.8. The molecule has 1 heterocycles. The monoisotopic (exact) mass is 254 g/mol. The van der Waals surface area contributed by atoms with E-state index in [4.69, 9.17) is 9.68 Å².